The van der Waals surface area contributed by atoms with Gasteiger partial charge >= 0.3 is 0 Å². The van der Waals surface area contributed by atoms with Crippen molar-refractivity contribution < 1.29 is 14.2 Å². The van der Waals surface area contributed by atoms with Gasteiger partial charge in [0, 0.05) is 29.8 Å². The Morgan fingerprint density at radius 1 is 1.11 bits per heavy atom. The molecule has 4 bridgehead atoms. The third-order valence-electron chi connectivity index (χ3n) is 10.0. The Bertz CT molecular complexity index is 1440. The van der Waals surface area contributed by atoms with Crippen LogP contribution in [0.1, 0.15) is 34.9 Å². The van der Waals surface area contributed by atoms with Crippen molar-refractivity contribution in [2.75, 3.05) is 33.1 Å². The first-order valence-electron chi connectivity index (χ1n) is 13.0. The van der Waals surface area contributed by atoms with Crippen LogP contribution in [0.4, 0.5) is 10.8 Å². The fourth-order valence-electron chi connectivity index (χ4n) is 8.56. The zero-order valence-corrected chi connectivity index (χ0v) is 22.0. The number of piperidine rings is 1. The van der Waals surface area contributed by atoms with Crippen molar-refractivity contribution in [3.63, 3.8) is 0 Å². The lowest BCUT2D eigenvalue weighted by atomic mass is 9.37. The van der Waals surface area contributed by atoms with Gasteiger partial charge in [-0.15, -0.1) is 10.2 Å². The molecule has 190 valence electrons. The number of nitrogens with zero attached hydrogens (tertiary/aromatic N) is 3. The molecule has 6 aliphatic rings. The zero-order valence-electron chi connectivity index (χ0n) is 21.2. The number of rotatable bonds is 5. The molecule has 0 radical (unpaired) electrons. The van der Waals surface area contributed by atoms with Crippen LogP contribution in [0.2, 0.25) is 0 Å². The van der Waals surface area contributed by atoms with Crippen molar-refractivity contribution in [1.82, 2.24) is 15.1 Å². The predicted octanol–water partition coefficient (Wildman–Crippen LogP) is 4.68. The lowest BCUT2D eigenvalue weighted by molar-refractivity contribution is -0.197. The first-order chi connectivity index (χ1) is 18.1. The van der Waals surface area contributed by atoms with E-state index in [1.165, 1.54) is 11.1 Å². The summed E-state index contributed by atoms with van der Waals surface area (Å²) in [6.07, 6.45) is 7.67. The SMILES string of the molecule is COc1ccc2c3c1O[C@H]1[C@@]4(OC)C=C[C@@]5(C[C@@H]4c4nnc(Nc6ccccc6)s4)[C@@H](C2)N(C)CC[C@]315. The summed E-state index contributed by atoms with van der Waals surface area (Å²) >= 11 is 1.62. The summed E-state index contributed by atoms with van der Waals surface area (Å²) in [4.78, 5) is 2.57. The van der Waals surface area contributed by atoms with Crippen LogP contribution >= 0.6 is 11.3 Å². The molecular weight excluding hydrogens is 484 g/mol. The van der Waals surface area contributed by atoms with E-state index >= 15 is 0 Å². The first-order valence-corrected chi connectivity index (χ1v) is 13.9. The number of hydrogen-bond donors (Lipinski definition) is 1. The number of benzene rings is 2. The molecule has 9 rings (SSSR count). The molecular formula is C29H30N4O3S. The van der Waals surface area contributed by atoms with Crippen LogP contribution in [0.3, 0.4) is 0 Å². The molecule has 1 aromatic heterocycles. The molecule has 37 heavy (non-hydrogen) atoms. The summed E-state index contributed by atoms with van der Waals surface area (Å²) in [6.45, 7) is 1.05. The topological polar surface area (TPSA) is 68.7 Å². The summed E-state index contributed by atoms with van der Waals surface area (Å²) in [7, 11) is 5.85. The monoisotopic (exact) mass is 514 g/mol. The molecule has 1 N–H and O–H groups in total. The van der Waals surface area contributed by atoms with E-state index in [2.05, 4.69) is 46.6 Å². The summed E-state index contributed by atoms with van der Waals surface area (Å²) in [5, 5.41) is 14.5. The van der Waals surface area contributed by atoms with Gasteiger partial charge in [-0.2, -0.15) is 0 Å². The van der Waals surface area contributed by atoms with Gasteiger partial charge in [-0.05, 0) is 56.6 Å². The highest BCUT2D eigenvalue weighted by Crippen LogP contribution is 2.75. The molecule has 6 atom stereocenters. The van der Waals surface area contributed by atoms with E-state index in [-0.39, 0.29) is 22.9 Å². The van der Waals surface area contributed by atoms with Crippen molar-refractivity contribution in [3.05, 3.63) is 70.8 Å². The van der Waals surface area contributed by atoms with Crippen LogP contribution in [-0.2, 0) is 16.6 Å². The van der Waals surface area contributed by atoms with Crippen LogP contribution in [0.5, 0.6) is 11.5 Å². The number of likely N-dealkylation sites (tertiary alicyclic amines) is 1. The van der Waals surface area contributed by atoms with Crippen molar-refractivity contribution in [2.45, 2.75) is 48.3 Å². The molecule has 1 saturated heterocycles. The number of aromatic nitrogens is 2. The molecule has 3 heterocycles. The molecule has 2 fully saturated rings. The van der Waals surface area contributed by atoms with Crippen LogP contribution in [0, 0.1) is 5.41 Å². The molecule has 2 spiro atoms. The van der Waals surface area contributed by atoms with Gasteiger partial charge in [-0.1, -0.05) is 47.8 Å². The predicted molar refractivity (Wildman–Crippen MR) is 142 cm³/mol. The van der Waals surface area contributed by atoms with Gasteiger partial charge in [0.1, 0.15) is 16.7 Å². The Morgan fingerprint density at radius 2 is 1.97 bits per heavy atom. The minimum Gasteiger partial charge on any atom is -0.493 e. The lowest BCUT2D eigenvalue weighted by Crippen LogP contribution is -2.78. The van der Waals surface area contributed by atoms with Gasteiger partial charge in [0.25, 0.3) is 0 Å². The van der Waals surface area contributed by atoms with Gasteiger partial charge < -0.3 is 24.4 Å². The van der Waals surface area contributed by atoms with Gasteiger partial charge in [-0.3, -0.25) is 0 Å². The standard InChI is InChI=1S/C29H30N4O3S/c1-33-14-13-28-22-17-9-10-20(34-2)23(22)36-25(28)29(35-3)12-11-27(28,21(33)15-17)16-19(29)24-31-32-26(37-24)30-18-7-5-4-6-8-18/h4-12,19,21,25H,13-16H2,1-3H3,(H,30,32)/t19-,21-,25-,27-,28+,29-/m1/s1. The third-order valence-corrected chi connectivity index (χ3v) is 11.0. The van der Waals surface area contributed by atoms with Crippen molar-refractivity contribution in [2.24, 2.45) is 5.41 Å². The van der Waals surface area contributed by atoms with Gasteiger partial charge in [0.2, 0.25) is 5.13 Å². The van der Waals surface area contributed by atoms with Gasteiger partial charge in [0.15, 0.2) is 11.5 Å². The van der Waals surface area contributed by atoms with Crippen molar-refractivity contribution in [3.8, 4) is 11.5 Å². The quantitative estimate of drug-likeness (QED) is 0.496. The van der Waals surface area contributed by atoms with E-state index in [4.69, 9.17) is 19.3 Å². The number of methoxy groups -OCH3 is 2. The highest BCUT2D eigenvalue weighted by atomic mass is 32.1. The van der Waals surface area contributed by atoms with Gasteiger partial charge in [-0.25, -0.2) is 0 Å². The van der Waals surface area contributed by atoms with E-state index < -0.39 is 5.60 Å². The highest BCUT2D eigenvalue weighted by Gasteiger charge is 2.79. The minimum atomic E-state index is -0.635. The molecule has 0 amide bonds. The molecule has 7 nitrogen and oxygen atoms in total. The van der Waals surface area contributed by atoms with E-state index in [9.17, 15) is 0 Å². The maximum atomic E-state index is 7.03. The summed E-state index contributed by atoms with van der Waals surface area (Å²) in [5.74, 6) is 1.79. The Morgan fingerprint density at radius 3 is 2.78 bits per heavy atom. The van der Waals surface area contributed by atoms with Crippen LogP contribution in [-0.4, -0.2) is 60.7 Å². The number of likely N-dealkylation sites (N-methyl/N-ethyl adjacent to an activating group) is 1. The van der Waals surface area contributed by atoms with Crippen LogP contribution < -0.4 is 14.8 Å². The second kappa shape index (κ2) is 7.34. The fraction of sp³-hybridized carbons (Fsp3) is 0.448. The van der Waals surface area contributed by atoms with E-state index in [1.54, 1.807) is 18.4 Å². The van der Waals surface area contributed by atoms with Gasteiger partial charge in [0.05, 0.1) is 18.4 Å². The summed E-state index contributed by atoms with van der Waals surface area (Å²) in [5.41, 5.74) is 2.93. The van der Waals surface area contributed by atoms with E-state index in [0.29, 0.717) is 6.04 Å². The average molecular weight is 515 g/mol. The molecule has 2 aliphatic heterocycles. The Kier molecular flexibility index (Phi) is 4.38. The highest BCUT2D eigenvalue weighted by molar-refractivity contribution is 7.15. The number of fused-ring (bicyclic) bond motifs is 1. The molecule has 8 heteroatoms. The molecule has 2 aromatic carbocycles. The normalized spacial score (nSPS) is 36.2. The molecule has 0 unspecified atom stereocenters. The Hall–Kier alpha value is -2.94. The number of hydrogen-bond acceptors (Lipinski definition) is 8. The average Bonchev–Trinajstić information content (AvgIpc) is 3.54. The largest absolute Gasteiger partial charge is 0.493 e. The third kappa shape index (κ3) is 2.50. The number of ether oxygens (including phenoxy) is 3. The molecule has 1 saturated carbocycles. The fourth-order valence-corrected chi connectivity index (χ4v) is 9.50. The molecule has 3 aromatic rings. The molecule has 4 aliphatic carbocycles. The number of nitrogens with one attached hydrogen (secondary N) is 1. The van der Waals surface area contributed by atoms with Crippen LogP contribution in [0.15, 0.2) is 54.6 Å². The number of para-hydroxylation sites is 1. The Balaban J connectivity index is 1.29. The van der Waals surface area contributed by atoms with E-state index in [1.807, 2.05) is 37.4 Å². The smallest absolute Gasteiger partial charge is 0.210 e. The second-order valence-electron chi connectivity index (χ2n) is 11.2. The first kappa shape index (κ1) is 22.1. The second-order valence-corrected chi connectivity index (χ2v) is 12.2. The minimum absolute atomic E-state index is 0.0419. The lowest BCUT2D eigenvalue weighted by Gasteiger charge is -2.70. The van der Waals surface area contributed by atoms with Crippen molar-refractivity contribution in [1.29, 1.82) is 0 Å². The van der Waals surface area contributed by atoms with Crippen LogP contribution in [0.25, 0.3) is 0 Å². The maximum absolute atomic E-state index is 7.03. The Labute approximate surface area is 220 Å². The zero-order chi connectivity index (χ0) is 25.0. The van der Waals surface area contributed by atoms with Crippen molar-refractivity contribution >= 4 is 22.2 Å². The van der Waals surface area contributed by atoms with E-state index in [0.717, 1.165) is 53.1 Å². The summed E-state index contributed by atoms with van der Waals surface area (Å²) in [6, 6.07) is 14.9. The maximum Gasteiger partial charge on any atom is 0.210 e. The summed E-state index contributed by atoms with van der Waals surface area (Å²) < 4.78 is 19.4. The number of anilines is 2.